The summed E-state index contributed by atoms with van der Waals surface area (Å²) in [6, 6.07) is 4.96. The molecule has 0 aromatic heterocycles. The minimum absolute atomic E-state index is 0.160. The number of phenolic OH excluding ortho intramolecular Hbond substituents is 1. The van der Waals surface area contributed by atoms with Crippen molar-refractivity contribution in [3.8, 4) is 5.75 Å². The van der Waals surface area contributed by atoms with Gasteiger partial charge < -0.3 is 10.2 Å². The summed E-state index contributed by atoms with van der Waals surface area (Å²) in [6.45, 7) is 0. The lowest BCUT2D eigenvalue weighted by molar-refractivity contribution is -0.131. The maximum absolute atomic E-state index is 10.2. The van der Waals surface area contributed by atoms with Crippen LogP contribution in [-0.2, 0) is 4.79 Å². The van der Waals surface area contributed by atoms with Crippen molar-refractivity contribution in [2.45, 2.75) is 0 Å². The van der Waals surface area contributed by atoms with Crippen molar-refractivity contribution >= 4 is 34.6 Å². The fourth-order valence-electron chi connectivity index (χ4n) is 0.827. The molecule has 68 valence electrons. The van der Waals surface area contributed by atoms with Crippen LogP contribution in [0.15, 0.2) is 24.3 Å². The number of carboxylic acid groups (broad SMARTS) is 1. The van der Waals surface area contributed by atoms with Crippen LogP contribution in [-0.4, -0.2) is 16.2 Å². The molecule has 0 saturated carbocycles. The van der Waals surface area contributed by atoms with Crippen LogP contribution >= 0.6 is 22.6 Å². The molecule has 13 heavy (non-hydrogen) atoms. The summed E-state index contributed by atoms with van der Waals surface area (Å²) in [5.74, 6) is -0.840. The van der Waals surface area contributed by atoms with Gasteiger partial charge in [0.25, 0.3) is 0 Å². The van der Waals surface area contributed by atoms with Crippen molar-refractivity contribution in [2.24, 2.45) is 0 Å². The summed E-state index contributed by atoms with van der Waals surface area (Å²) < 4.78 is 0.651. The van der Waals surface area contributed by atoms with Crippen LogP contribution < -0.4 is 0 Å². The molecule has 0 atom stereocenters. The Morgan fingerprint density at radius 2 is 2.15 bits per heavy atom. The van der Waals surface area contributed by atoms with Crippen LogP contribution in [0.25, 0.3) is 6.08 Å². The predicted molar refractivity (Wildman–Crippen MR) is 57.5 cm³/mol. The van der Waals surface area contributed by atoms with E-state index in [-0.39, 0.29) is 5.75 Å². The highest BCUT2D eigenvalue weighted by Gasteiger charge is 2.00. The predicted octanol–water partition coefficient (Wildman–Crippen LogP) is 2.09. The Labute approximate surface area is 88.8 Å². The number of carboxylic acids is 1. The van der Waals surface area contributed by atoms with E-state index in [9.17, 15) is 9.90 Å². The van der Waals surface area contributed by atoms with Gasteiger partial charge >= 0.3 is 5.97 Å². The standard InChI is InChI=1S/C9H7IO3/c10-9-6(4-5-8(12)13)2-1-3-7(9)11/h1-5,11H,(H,12,13)/b5-4+. The molecule has 0 aliphatic rings. The van der Waals surface area contributed by atoms with E-state index in [1.807, 2.05) is 22.6 Å². The minimum atomic E-state index is -1.00. The molecule has 1 aromatic carbocycles. The van der Waals surface area contributed by atoms with Gasteiger partial charge in [-0.15, -0.1) is 0 Å². The molecular weight excluding hydrogens is 283 g/mol. The maximum Gasteiger partial charge on any atom is 0.328 e. The van der Waals surface area contributed by atoms with E-state index in [0.29, 0.717) is 9.13 Å². The SMILES string of the molecule is O=C(O)/C=C/c1cccc(O)c1I. The lowest BCUT2D eigenvalue weighted by Crippen LogP contribution is -1.87. The second kappa shape index (κ2) is 4.27. The van der Waals surface area contributed by atoms with Gasteiger partial charge in [0.2, 0.25) is 0 Å². The molecular formula is C9H7IO3. The second-order valence-electron chi connectivity index (χ2n) is 2.35. The highest BCUT2D eigenvalue weighted by molar-refractivity contribution is 14.1. The Morgan fingerprint density at radius 1 is 1.46 bits per heavy atom. The molecule has 0 spiro atoms. The number of phenols is 1. The molecule has 0 unspecified atom stereocenters. The van der Waals surface area contributed by atoms with Crippen LogP contribution in [0.3, 0.4) is 0 Å². The molecule has 1 rings (SSSR count). The third kappa shape index (κ3) is 2.73. The van der Waals surface area contributed by atoms with Crippen molar-refractivity contribution < 1.29 is 15.0 Å². The van der Waals surface area contributed by atoms with Gasteiger partial charge in [0.05, 0.1) is 3.57 Å². The number of aliphatic carboxylic acids is 1. The van der Waals surface area contributed by atoms with Crippen molar-refractivity contribution in [3.63, 3.8) is 0 Å². The third-order valence-corrected chi connectivity index (χ3v) is 2.59. The van der Waals surface area contributed by atoms with Crippen LogP contribution in [0.5, 0.6) is 5.75 Å². The monoisotopic (exact) mass is 290 g/mol. The van der Waals surface area contributed by atoms with Crippen molar-refractivity contribution in [3.05, 3.63) is 33.4 Å². The molecule has 2 N–H and O–H groups in total. The van der Waals surface area contributed by atoms with Crippen LogP contribution in [0.1, 0.15) is 5.56 Å². The van der Waals surface area contributed by atoms with Crippen molar-refractivity contribution in [1.29, 1.82) is 0 Å². The Morgan fingerprint density at radius 3 is 2.77 bits per heavy atom. The molecule has 0 aliphatic carbocycles. The molecule has 0 heterocycles. The second-order valence-corrected chi connectivity index (χ2v) is 3.43. The summed E-state index contributed by atoms with van der Waals surface area (Å²) in [5, 5.41) is 17.7. The highest BCUT2D eigenvalue weighted by atomic mass is 127. The fraction of sp³-hybridized carbons (Fsp3) is 0. The quantitative estimate of drug-likeness (QED) is 0.647. The summed E-state index contributed by atoms with van der Waals surface area (Å²) in [5.41, 5.74) is 0.697. The number of hydrogen-bond acceptors (Lipinski definition) is 2. The van der Waals surface area contributed by atoms with Gasteiger partial charge in [-0.3, -0.25) is 0 Å². The number of hydrogen-bond donors (Lipinski definition) is 2. The topological polar surface area (TPSA) is 57.5 Å². The zero-order valence-electron chi connectivity index (χ0n) is 6.57. The van der Waals surface area contributed by atoms with E-state index in [2.05, 4.69) is 0 Å². The van der Waals surface area contributed by atoms with E-state index in [4.69, 9.17) is 5.11 Å². The first kappa shape index (κ1) is 10.0. The summed E-state index contributed by atoms with van der Waals surface area (Å²) in [4.78, 5) is 10.2. The minimum Gasteiger partial charge on any atom is -0.507 e. The van der Waals surface area contributed by atoms with Crippen LogP contribution in [0.4, 0.5) is 0 Å². The van der Waals surface area contributed by atoms with Crippen LogP contribution in [0, 0.1) is 3.57 Å². The van der Waals surface area contributed by atoms with Crippen molar-refractivity contribution in [1.82, 2.24) is 0 Å². The zero-order valence-corrected chi connectivity index (χ0v) is 8.72. The van der Waals surface area contributed by atoms with Gasteiger partial charge in [-0.05, 0) is 40.3 Å². The largest absolute Gasteiger partial charge is 0.507 e. The van der Waals surface area contributed by atoms with E-state index >= 15 is 0 Å². The molecule has 1 aromatic rings. The van der Waals surface area contributed by atoms with Crippen molar-refractivity contribution in [2.75, 3.05) is 0 Å². The Balaban J connectivity index is 3.02. The number of halogens is 1. The third-order valence-electron chi connectivity index (χ3n) is 1.41. The first-order valence-corrected chi connectivity index (χ1v) is 4.57. The average Bonchev–Trinajstić information content (AvgIpc) is 2.07. The van der Waals surface area contributed by atoms with Gasteiger partial charge in [0, 0.05) is 6.08 Å². The molecule has 0 fully saturated rings. The first-order chi connectivity index (χ1) is 6.11. The van der Waals surface area contributed by atoms with E-state index < -0.39 is 5.97 Å². The first-order valence-electron chi connectivity index (χ1n) is 3.50. The maximum atomic E-state index is 10.2. The smallest absolute Gasteiger partial charge is 0.328 e. The zero-order chi connectivity index (χ0) is 9.84. The lowest BCUT2D eigenvalue weighted by Gasteiger charge is -1.99. The van der Waals surface area contributed by atoms with Gasteiger partial charge in [-0.2, -0.15) is 0 Å². The normalized spacial score (nSPS) is 10.5. The van der Waals surface area contributed by atoms with Crippen LogP contribution in [0.2, 0.25) is 0 Å². The Hall–Kier alpha value is -1.04. The molecule has 0 aliphatic heterocycles. The molecule has 0 saturated heterocycles. The number of benzene rings is 1. The molecule has 3 nitrogen and oxygen atoms in total. The fourth-order valence-corrected chi connectivity index (χ4v) is 1.37. The summed E-state index contributed by atoms with van der Waals surface area (Å²) in [7, 11) is 0. The van der Waals surface area contributed by atoms with E-state index in [1.54, 1.807) is 18.2 Å². The average molecular weight is 290 g/mol. The summed E-state index contributed by atoms with van der Waals surface area (Å²) in [6.07, 6.45) is 2.49. The van der Waals surface area contributed by atoms with Gasteiger partial charge in [0.15, 0.2) is 0 Å². The highest BCUT2D eigenvalue weighted by Crippen LogP contribution is 2.23. The summed E-state index contributed by atoms with van der Waals surface area (Å²) >= 11 is 1.96. The van der Waals surface area contributed by atoms with E-state index in [0.717, 1.165) is 6.08 Å². The molecule has 0 bridgehead atoms. The molecule has 4 heteroatoms. The Bertz CT molecular complexity index is 358. The number of carbonyl (C=O) groups is 1. The number of aromatic hydroxyl groups is 1. The van der Waals surface area contributed by atoms with Gasteiger partial charge in [-0.25, -0.2) is 4.79 Å². The molecule has 0 amide bonds. The lowest BCUT2D eigenvalue weighted by atomic mass is 10.2. The van der Waals surface area contributed by atoms with Gasteiger partial charge in [0.1, 0.15) is 5.75 Å². The molecule has 0 radical (unpaired) electrons. The van der Waals surface area contributed by atoms with E-state index in [1.165, 1.54) is 6.08 Å². The number of rotatable bonds is 2. The van der Waals surface area contributed by atoms with Gasteiger partial charge in [-0.1, -0.05) is 12.1 Å². The Kier molecular flexibility index (Phi) is 3.30.